The first-order valence-corrected chi connectivity index (χ1v) is 15.3. The molecule has 5 heteroatoms. The number of aromatic amines is 1. The molecule has 0 unspecified atom stereocenters. The number of hydrogen-bond donors (Lipinski definition) is 4. The van der Waals surface area contributed by atoms with Crippen LogP contribution in [0, 0.1) is 0 Å². The zero-order valence-electron chi connectivity index (χ0n) is 26.1. The Balaban J connectivity index is 0.000000145. The van der Waals surface area contributed by atoms with Crippen LogP contribution in [-0.4, -0.2) is 23.1 Å². The lowest BCUT2D eigenvalue weighted by molar-refractivity contribution is 0.588. The van der Waals surface area contributed by atoms with E-state index >= 15 is 0 Å². The molecule has 6 rings (SSSR count). The van der Waals surface area contributed by atoms with E-state index in [4.69, 9.17) is 4.42 Å². The molecule has 0 fully saturated rings. The first-order chi connectivity index (χ1) is 20.3. The average Bonchev–Trinajstić information content (AvgIpc) is 3.74. The summed E-state index contributed by atoms with van der Waals surface area (Å²) in [6.07, 6.45) is 9.23. The molecule has 0 saturated carbocycles. The van der Waals surface area contributed by atoms with Crippen molar-refractivity contribution in [1.82, 2.24) is 20.9 Å². The molecule has 2 heterocycles. The molecule has 4 N–H and O–H groups in total. The van der Waals surface area contributed by atoms with Crippen molar-refractivity contribution in [1.29, 1.82) is 0 Å². The van der Waals surface area contributed by atoms with Gasteiger partial charge in [-0.2, -0.15) is 0 Å². The minimum atomic E-state index is 0.523. The first kappa shape index (κ1) is 31.3. The maximum atomic E-state index is 5.28. The van der Waals surface area contributed by atoms with Gasteiger partial charge < -0.3 is 25.4 Å². The molecule has 0 bridgehead atoms. The normalized spacial score (nSPS) is 12.1. The molecule has 3 aromatic carbocycles. The lowest BCUT2D eigenvalue weighted by Gasteiger charge is -2.09. The van der Waals surface area contributed by atoms with Crippen LogP contribution in [0.5, 0.6) is 0 Å². The van der Waals surface area contributed by atoms with E-state index in [9.17, 15) is 0 Å². The van der Waals surface area contributed by atoms with Gasteiger partial charge in [-0.1, -0.05) is 84.0 Å². The largest absolute Gasteiger partial charge is 0.464 e. The average molecular weight is 565 g/mol. The third kappa shape index (κ3) is 9.73. The SMILES string of the molecule is CC(C)NCc1ccc2[nH]ccc2c1.CC(C)NCc1ccc2c(c1)CC=C2.CC(C)NCc1ccc2occc2c1. The Bertz CT molecular complexity index is 1470. The summed E-state index contributed by atoms with van der Waals surface area (Å²) >= 11 is 0. The van der Waals surface area contributed by atoms with Crippen LogP contribution in [0.1, 0.15) is 69.4 Å². The van der Waals surface area contributed by atoms with Crippen LogP contribution in [0.4, 0.5) is 0 Å². The van der Waals surface area contributed by atoms with Crippen LogP contribution in [-0.2, 0) is 26.1 Å². The Morgan fingerprint density at radius 2 is 1.26 bits per heavy atom. The molecule has 2 aromatic heterocycles. The summed E-state index contributed by atoms with van der Waals surface area (Å²) in [5.41, 5.74) is 9.04. The van der Waals surface area contributed by atoms with Crippen LogP contribution in [0.3, 0.4) is 0 Å². The van der Waals surface area contributed by atoms with Crippen molar-refractivity contribution in [3.63, 3.8) is 0 Å². The first-order valence-electron chi connectivity index (χ1n) is 15.3. The van der Waals surface area contributed by atoms with Crippen molar-refractivity contribution in [3.05, 3.63) is 113 Å². The third-order valence-corrected chi connectivity index (χ3v) is 7.12. The van der Waals surface area contributed by atoms with E-state index in [0.29, 0.717) is 18.1 Å². The van der Waals surface area contributed by atoms with Crippen molar-refractivity contribution in [2.24, 2.45) is 0 Å². The highest BCUT2D eigenvalue weighted by molar-refractivity contribution is 5.80. The molecular formula is C37H48N4O. The van der Waals surface area contributed by atoms with E-state index < -0.39 is 0 Å². The number of nitrogens with one attached hydrogen (secondary N) is 4. The summed E-state index contributed by atoms with van der Waals surface area (Å²) in [6.45, 7) is 15.8. The molecule has 0 amide bonds. The molecule has 0 spiro atoms. The van der Waals surface area contributed by atoms with Crippen molar-refractivity contribution in [3.8, 4) is 0 Å². The summed E-state index contributed by atoms with van der Waals surface area (Å²) in [6, 6.07) is 25.3. The van der Waals surface area contributed by atoms with Crippen molar-refractivity contribution >= 4 is 27.9 Å². The molecule has 0 atom stereocenters. The molecule has 222 valence electrons. The van der Waals surface area contributed by atoms with Gasteiger partial charge in [-0.3, -0.25) is 0 Å². The fourth-order valence-corrected chi connectivity index (χ4v) is 4.73. The van der Waals surface area contributed by atoms with Gasteiger partial charge in [0.2, 0.25) is 0 Å². The van der Waals surface area contributed by atoms with E-state index in [1.807, 2.05) is 18.3 Å². The summed E-state index contributed by atoms with van der Waals surface area (Å²) < 4.78 is 5.28. The van der Waals surface area contributed by atoms with E-state index in [0.717, 1.165) is 31.6 Å². The highest BCUT2D eigenvalue weighted by atomic mass is 16.3. The van der Waals surface area contributed by atoms with Gasteiger partial charge in [-0.05, 0) is 76.0 Å². The second-order valence-corrected chi connectivity index (χ2v) is 11.9. The van der Waals surface area contributed by atoms with Gasteiger partial charge in [0.25, 0.3) is 0 Å². The minimum absolute atomic E-state index is 0.523. The molecule has 5 nitrogen and oxygen atoms in total. The third-order valence-electron chi connectivity index (χ3n) is 7.12. The van der Waals surface area contributed by atoms with Gasteiger partial charge in [0.15, 0.2) is 0 Å². The van der Waals surface area contributed by atoms with Crippen LogP contribution in [0.2, 0.25) is 0 Å². The number of hydrogen-bond acceptors (Lipinski definition) is 4. The molecule has 0 saturated heterocycles. The highest BCUT2D eigenvalue weighted by Gasteiger charge is 2.05. The van der Waals surface area contributed by atoms with Gasteiger partial charge in [0.05, 0.1) is 6.26 Å². The molecule has 1 aliphatic rings. The Kier molecular flexibility index (Phi) is 11.6. The highest BCUT2D eigenvalue weighted by Crippen LogP contribution is 2.20. The fourth-order valence-electron chi connectivity index (χ4n) is 4.73. The standard InChI is InChI=1S/C13H17N.C12H16N2.C12H15NO/c1-10(2)14-9-11-6-7-12-4-3-5-13(12)8-11;1-9(2)14-8-10-3-4-12-11(7-10)5-6-13-12;1-9(2)13-8-10-3-4-12-11(7-10)5-6-14-12/h3-4,6-8,10,14H,5,9H2,1-2H3;3-7,9,13-14H,8H2,1-2H3;3-7,9,13H,8H2,1-2H3. The Morgan fingerprint density at radius 3 is 1.93 bits per heavy atom. The van der Waals surface area contributed by atoms with Crippen LogP contribution >= 0.6 is 0 Å². The van der Waals surface area contributed by atoms with Crippen molar-refractivity contribution in [2.75, 3.05) is 0 Å². The minimum Gasteiger partial charge on any atom is -0.464 e. The monoisotopic (exact) mass is 564 g/mol. The van der Waals surface area contributed by atoms with E-state index in [-0.39, 0.29) is 0 Å². The molecule has 42 heavy (non-hydrogen) atoms. The second kappa shape index (κ2) is 15.5. The van der Waals surface area contributed by atoms with E-state index in [1.54, 1.807) is 6.26 Å². The smallest absolute Gasteiger partial charge is 0.133 e. The summed E-state index contributed by atoms with van der Waals surface area (Å²) in [4.78, 5) is 3.19. The number of H-pyrrole nitrogens is 1. The maximum Gasteiger partial charge on any atom is 0.133 e. The predicted molar refractivity (Wildman–Crippen MR) is 180 cm³/mol. The second-order valence-electron chi connectivity index (χ2n) is 11.9. The van der Waals surface area contributed by atoms with Gasteiger partial charge >= 0.3 is 0 Å². The predicted octanol–water partition coefficient (Wildman–Crippen LogP) is 8.35. The molecule has 0 aliphatic heterocycles. The number of furan rings is 1. The number of allylic oxidation sites excluding steroid dienone is 1. The van der Waals surface area contributed by atoms with Crippen LogP contribution in [0.25, 0.3) is 27.9 Å². The lowest BCUT2D eigenvalue weighted by Crippen LogP contribution is -2.21. The van der Waals surface area contributed by atoms with Gasteiger partial charge in [-0.25, -0.2) is 0 Å². The number of benzene rings is 3. The number of rotatable bonds is 9. The van der Waals surface area contributed by atoms with Gasteiger partial charge in [-0.15, -0.1) is 0 Å². The molecule has 5 aromatic rings. The molecule has 1 aliphatic carbocycles. The summed E-state index contributed by atoms with van der Waals surface area (Å²) in [5.74, 6) is 0. The van der Waals surface area contributed by atoms with E-state index in [1.165, 1.54) is 44.1 Å². The van der Waals surface area contributed by atoms with E-state index in [2.05, 4.69) is 129 Å². The van der Waals surface area contributed by atoms with Crippen molar-refractivity contribution < 1.29 is 4.42 Å². The maximum absolute atomic E-state index is 5.28. The fraction of sp³-hybridized carbons (Fsp3) is 0.351. The zero-order valence-corrected chi connectivity index (χ0v) is 26.1. The Morgan fingerprint density at radius 1 is 0.667 bits per heavy atom. The Labute approximate surface area is 251 Å². The zero-order chi connectivity index (χ0) is 29.9. The summed E-state index contributed by atoms with van der Waals surface area (Å²) in [7, 11) is 0. The topological polar surface area (TPSA) is 65.0 Å². The van der Waals surface area contributed by atoms with Crippen LogP contribution < -0.4 is 16.0 Å². The number of aromatic nitrogens is 1. The van der Waals surface area contributed by atoms with Crippen molar-refractivity contribution in [2.45, 2.75) is 85.7 Å². The quantitative estimate of drug-likeness (QED) is 0.145. The van der Waals surface area contributed by atoms with Gasteiger partial charge in [0, 0.05) is 54.9 Å². The molecule has 0 radical (unpaired) electrons. The lowest BCUT2D eigenvalue weighted by atomic mass is 10.1. The Hall–Kier alpha value is -3.64. The van der Waals surface area contributed by atoms with Crippen LogP contribution in [0.15, 0.2) is 89.7 Å². The molecular weight excluding hydrogens is 516 g/mol. The number of fused-ring (bicyclic) bond motifs is 3. The van der Waals surface area contributed by atoms with Gasteiger partial charge in [0.1, 0.15) is 5.58 Å². The summed E-state index contributed by atoms with van der Waals surface area (Å²) in [5, 5.41) is 12.7.